The van der Waals surface area contributed by atoms with Crippen molar-refractivity contribution in [1.29, 1.82) is 0 Å². The molecule has 3 aromatic rings. The lowest BCUT2D eigenvalue weighted by Crippen LogP contribution is -2.36. The van der Waals surface area contributed by atoms with Crippen LogP contribution in [0, 0.1) is 0 Å². The molecule has 0 aliphatic heterocycles. The van der Waals surface area contributed by atoms with E-state index in [9.17, 15) is 4.79 Å². The Kier molecular flexibility index (Phi) is 5.69. The largest absolute Gasteiger partial charge is 0.336 e. The van der Waals surface area contributed by atoms with Gasteiger partial charge >= 0.3 is 6.03 Å². The number of carbonyl (C=O) groups excluding carboxylic acids is 1. The lowest BCUT2D eigenvalue weighted by atomic mass is 10.1. The number of nitrogens with one attached hydrogen (secondary N) is 2. The number of benzene rings is 2. The number of hydrogen-bond donors (Lipinski definition) is 2. The van der Waals surface area contributed by atoms with Crippen LogP contribution in [0.2, 0.25) is 5.02 Å². The van der Waals surface area contributed by atoms with Gasteiger partial charge < -0.3 is 10.6 Å². The van der Waals surface area contributed by atoms with Crippen molar-refractivity contribution in [2.24, 2.45) is 0 Å². The van der Waals surface area contributed by atoms with Gasteiger partial charge in [-0.1, -0.05) is 54.1 Å². The minimum Gasteiger partial charge on any atom is -0.336 e. The average Bonchev–Trinajstić information content (AvgIpc) is 3.11. The number of aromatic nitrogens is 2. The summed E-state index contributed by atoms with van der Waals surface area (Å²) in [6.45, 7) is 1.58. The van der Waals surface area contributed by atoms with Crippen molar-refractivity contribution in [3.8, 4) is 11.1 Å². The lowest BCUT2D eigenvalue weighted by molar-refractivity contribution is 0.240. The molecule has 0 aliphatic carbocycles. The maximum absolute atomic E-state index is 11.8. The molecule has 2 aromatic carbocycles. The second-order valence-corrected chi connectivity index (χ2v) is 6.03. The minimum atomic E-state index is -0.203. The fraction of sp³-hybridized carbons (Fsp3) is 0.158. The van der Waals surface area contributed by atoms with E-state index in [1.54, 1.807) is 12.1 Å². The van der Waals surface area contributed by atoms with Crippen LogP contribution in [0.1, 0.15) is 5.56 Å². The highest BCUT2D eigenvalue weighted by Crippen LogP contribution is 2.17. The van der Waals surface area contributed by atoms with Gasteiger partial charge in [-0.25, -0.2) is 4.79 Å². The maximum Gasteiger partial charge on any atom is 0.315 e. The number of nitrogens with zero attached hydrogens (tertiary/aromatic N) is 2. The number of urea groups is 1. The van der Waals surface area contributed by atoms with E-state index in [1.165, 1.54) is 0 Å². The average molecular weight is 355 g/mol. The second kappa shape index (κ2) is 8.35. The summed E-state index contributed by atoms with van der Waals surface area (Å²) >= 11 is 5.83. The van der Waals surface area contributed by atoms with E-state index in [0.29, 0.717) is 24.7 Å². The van der Waals surface area contributed by atoms with Gasteiger partial charge in [0.15, 0.2) is 0 Å². The van der Waals surface area contributed by atoms with Crippen molar-refractivity contribution >= 4 is 17.6 Å². The Morgan fingerprint density at radius 2 is 1.76 bits per heavy atom. The van der Waals surface area contributed by atoms with Crippen LogP contribution >= 0.6 is 11.6 Å². The molecule has 0 fully saturated rings. The first-order valence-electron chi connectivity index (χ1n) is 8.05. The molecule has 6 heteroatoms. The molecular weight excluding hydrogens is 336 g/mol. The topological polar surface area (TPSA) is 59.0 Å². The predicted molar refractivity (Wildman–Crippen MR) is 99.4 cm³/mol. The summed E-state index contributed by atoms with van der Waals surface area (Å²) < 4.78 is 1.82. The Labute approximate surface area is 151 Å². The molecule has 0 aliphatic rings. The molecular formula is C19H19ClN4O. The number of halogens is 1. The van der Waals surface area contributed by atoms with Crippen molar-refractivity contribution in [3.05, 3.63) is 77.6 Å². The quantitative estimate of drug-likeness (QED) is 0.709. The standard InChI is InChI=1S/C19H19ClN4O/c20-18-8-6-15(7-9-18)12-22-19(25)21-10-11-24-14-17(13-23-24)16-4-2-1-3-5-16/h1-9,13-14H,10-12H2,(H2,21,22,25). The van der Waals surface area contributed by atoms with E-state index >= 15 is 0 Å². The Bertz CT molecular complexity index is 815. The molecule has 128 valence electrons. The molecule has 0 atom stereocenters. The highest BCUT2D eigenvalue weighted by Gasteiger charge is 2.03. The summed E-state index contributed by atoms with van der Waals surface area (Å²) in [5, 5.41) is 10.6. The van der Waals surface area contributed by atoms with Gasteiger partial charge in [0.25, 0.3) is 0 Å². The van der Waals surface area contributed by atoms with E-state index in [4.69, 9.17) is 11.6 Å². The third kappa shape index (κ3) is 5.09. The Morgan fingerprint density at radius 3 is 2.52 bits per heavy atom. The smallest absolute Gasteiger partial charge is 0.315 e. The summed E-state index contributed by atoms with van der Waals surface area (Å²) in [5.41, 5.74) is 3.19. The first kappa shape index (κ1) is 17.0. The molecule has 2 N–H and O–H groups in total. The number of rotatable bonds is 6. The van der Waals surface area contributed by atoms with Gasteiger partial charge in [-0.15, -0.1) is 0 Å². The SMILES string of the molecule is O=C(NCCn1cc(-c2ccccc2)cn1)NCc1ccc(Cl)cc1. The maximum atomic E-state index is 11.8. The van der Waals surface area contributed by atoms with Gasteiger partial charge in [0, 0.05) is 29.9 Å². The van der Waals surface area contributed by atoms with Crippen LogP contribution in [0.5, 0.6) is 0 Å². The van der Waals surface area contributed by atoms with E-state index in [-0.39, 0.29) is 6.03 Å². The zero-order valence-electron chi connectivity index (χ0n) is 13.7. The van der Waals surface area contributed by atoms with Crippen LogP contribution in [0.4, 0.5) is 4.79 Å². The monoisotopic (exact) mass is 354 g/mol. The highest BCUT2D eigenvalue weighted by atomic mass is 35.5. The Balaban J connectivity index is 1.41. The van der Waals surface area contributed by atoms with Crippen LogP contribution < -0.4 is 10.6 Å². The molecule has 3 rings (SSSR count). The molecule has 0 bridgehead atoms. The predicted octanol–water partition coefficient (Wildman–Crippen LogP) is 3.70. The Hall–Kier alpha value is -2.79. The summed E-state index contributed by atoms with van der Waals surface area (Å²) in [4.78, 5) is 11.8. The zero-order chi connectivity index (χ0) is 17.5. The van der Waals surface area contributed by atoms with Crippen LogP contribution in [0.15, 0.2) is 67.0 Å². The van der Waals surface area contributed by atoms with Crippen LogP contribution in [0.3, 0.4) is 0 Å². The van der Waals surface area contributed by atoms with Crippen molar-refractivity contribution in [1.82, 2.24) is 20.4 Å². The first-order valence-corrected chi connectivity index (χ1v) is 8.42. The van der Waals surface area contributed by atoms with E-state index < -0.39 is 0 Å². The molecule has 25 heavy (non-hydrogen) atoms. The van der Waals surface area contributed by atoms with Crippen molar-refractivity contribution in [2.45, 2.75) is 13.1 Å². The summed E-state index contributed by atoms with van der Waals surface area (Å²) in [6, 6.07) is 17.3. The summed E-state index contributed by atoms with van der Waals surface area (Å²) in [6.07, 6.45) is 3.80. The number of carbonyl (C=O) groups is 1. The molecule has 2 amide bonds. The normalized spacial score (nSPS) is 10.4. The van der Waals surface area contributed by atoms with Gasteiger partial charge in [-0.3, -0.25) is 4.68 Å². The van der Waals surface area contributed by atoms with Crippen LogP contribution in [-0.2, 0) is 13.1 Å². The fourth-order valence-corrected chi connectivity index (χ4v) is 2.52. The van der Waals surface area contributed by atoms with Gasteiger partial charge in [0.2, 0.25) is 0 Å². The van der Waals surface area contributed by atoms with Gasteiger partial charge in [-0.05, 0) is 23.3 Å². The van der Waals surface area contributed by atoms with Crippen LogP contribution in [-0.4, -0.2) is 22.4 Å². The summed E-state index contributed by atoms with van der Waals surface area (Å²) in [5.74, 6) is 0. The molecule has 0 saturated heterocycles. The Morgan fingerprint density at radius 1 is 1.00 bits per heavy atom. The third-order valence-corrected chi connectivity index (χ3v) is 3.99. The fourth-order valence-electron chi connectivity index (χ4n) is 2.40. The lowest BCUT2D eigenvalue weighted by Gasteiger charge is -2.08. The van der Waals surface area contributed by atoms with E-state index in [2.05, 4.69) is 15.7 Å². The third-order valence-electron chi connectivity index (χ3n) is 3.73. The van der Waals surface area contributed by atoms with Crippen molar-refractivity contribution < 1.29 is 4.79 Å². The molecule has 1 aromatic heterocycles. The van der Waals surface area contributed by atoms with E-state index in [1.807, 2.05) is 59.5 Å². The molecule has 0 saturated carbocycles. The molecule has 0 spiro atoms. The highest BCUT2D eigenvalue weighted by molar-refractivity contribution is 6.30. The number of amides is 2. The first-order chi connectivity index (χ1) is 12.2. The second-order valence-electron chi connectivity index (χ2n) is 5.59. The van der Waals surface area contributed by atoms with Crippen molar-refractivity contribution in [2.75, 3.05) is 6.54 Å². The van der Waals surface area contributed by atoms with Crippen LogP contribution in [0.25, 0.3) is 11.1 Å². The molecule has 1 heterocycles. The van der Waals surface area contributed by atoms with Gasteiger partial charge in [0.05, 0.1) is 12.7 Å². The number of hydrogen-bond acceptors (Lipinski definition) is 2. The van der Waals surface area contributed by atoms with Crippen molar-refractivity contribution in [3.63, 3.8) is 0 Å². The molecule has 0 unspecified atom stereocenters. The van der Waals surface area contributed by atoms with Gasteiger partial charge in [0.1, 0.15) is 0 Å². The zero-order valence-corrected chi connectivity index (χ0v) is 14.4. The van der Waals surface area contributed by atoms with Gasteiger partial charge in [-0.2, -0.15) is 5.10 Å². The summed E-state index contributed by atoms with van der Waals surface area (Å²) in [7, 11) is 0. The minimum absolute atomic E-state index is 0.203. The molecule has 5 nitrogen and oxygen atoms in total. The van der Waals surface area contributed by atoms with E-state index in [0.717, 1.165) is 16.7 Å². The molecule has 0 radical (unpaired) electrons.